The molecule has 22 heavy (non-hydrogen) atoms. The normalized spacial score (nSPS) is 31.5. The smallest absolute Gasteiger partial charge is 0.308 e. The number of carbonyl (C=O) groups is 2. The summed E-state index contributed by atoms with van der Waals surface area (Å²) in [5, 5.41) is 0. The zero-order valence-electron chi connectivity index (χ0n) is 13.8. The molecule has 0 unspecified atom stereocenters. The van der Waals surface area contributed by atoms with Gasteiger partial charge >= 0.3 is 11.9 Å². The van der Waals surface area contributed by atoms with E-state index in [-0.39, 0.29) is 35.9 Å². The Labute approximate surface area is 132 Å². The van der Waals surface area contributed by atoms with E-state index in [4.69, 9.17) is 11.5 Å². The first-order chi connectivity index (χ1) is 10.5. The van der Waals surface area contributed by atoms with Crippen LogP contribution in [0, 0.1) is 11.8 Å². The molecule has 0 spiro atoms. The first-order valence-electron chi connectivity index (χ1n) is 8.14. The molecular weight excluding hydrogens is 284 g/mol. The van der Waals surface area contributed by atoms with Crippen molar-refractivity contribution >= 4 is 11.9 Å². The SMILES string of the molecule is COC(=O)[C@@H]1CCC[C@H](N)C1.COC(=O)[C@H]1CCC[C@@H](N)C1. The van der Waals surface area contributed by atoms with Gasteiger partial charge in [-0.05, 0) is 38.5 Å². The van der Waals surface area contributed by atoms with Crippen LogP contribution in [-0.4, -0.2) is 38.2 Å². The van der Waals surface area contributed by atoms with Crippen molar-refractivity contribution in [3.05, 3.63) is 0 Å². The Morgan fingerprint density at radius 3 is 1.41 bits per heavy atom. The minimum Gasteiger partial charge on any atom is -0.469 e. The van der Waals surface area contributed by atoms with Gasteiger partial charge in [-0.25, -0.2) is 0 Å². The monoisotopic (exact) mass is 314 g/mol. The molecule has 2 rings (SSSR count). The summed E-state index contributed by atoms with van der Waals surface area (Å²) in [6, 6.07) is 0.403. The third-order valence-electron chi connectivity index (χ3n) is 4.50. The molecule has 128 valence electrons. The first-order valence-corrected chi connectivity index (χ1v) is 8.14. The molecule has 2 saturated carbocycles. The quantitative estimate of drug-likeness (QED) is 0.746. The van der Waals surface area contributed by atoms with Gasteiger partial charge in [0.1, 0.15) is 0 Å². The Morgan fingerprint density at radius 2 is 1.14 bits per heavy atom. The average molecular weight is 314 g/mol. The van der Waals surface area contributed by atoms with E-state index in [9.17, 15) is 9.59 Å². The van der Waals surface area contributed by atoms with Crippen molar-refractivity contribution in [1.82, 2.24) is 0 Å². The second kappa shape index (κ2) is 9.79. The second-order valence-electron chi connectivity index (χ2n) is 6.29. The van der Waals surface area contributed by atoms with Crippen molar-refractivity contribution in [2.45, 2.75) is 63.5 Å². The second-order valence-corrected chi connectivity index (χ2v) is 6.29. The highest BCUT2D eigenvalue weighted by molar-refractivity contribution is 5.72. The van der Waals surface area contributed by atoms with Crippen LogP contribution in [0.2, 0.25) is 0 Å². The van der Waals surface area contributed by atoms with Crippen LogP contribution in [0.1, 0.15) is 51.4 Å². The fourth-order valence-corrected chi connectivity index (χ4v) is 3.22. The molecule has 0 aromatic rings. The Hall–Kier alpha value is -1.14. The van der Waals surface area contributed by atoms with Crippen LogP contribution >= 0.6 is 0 Å². The summed E-state index contributed by atoms with van der Waals surface area (Å²) in [6.45, 7) is 0. The molecular formula is C16H30N2O4. The van der Waals surface area contributed by atoms with E-state index >= 15 is 0 Å². The summed E-state index contributed by atoms with van der Waals surface area (Å²) in [5.74, 6) is -0.0761. The maximum atomic E-state index is 11.0. The van der Waals surface area contributed by atoms with Crippen molar-refractivity contribution in [2.24, 2.45) is 23.3 Å². The lowest BCUT2D eigenvalue weighted by molar-refractivity contribution is -0.147. The fraction of sp³-hybridized carbons (Fsp3) is 0.875. The van der Waals surface area contributed by atoms with Crippen molar-refractivity contribution in [1.29, 1.82) is 0 Å². The zero-order chi connectivity index (χ0) is 16.5. The summed E-state index contributed by atoms with van der Waals surface area (Å²) < 4.78 is 9.29. The molecule has 4 N–H and O–H groups in total. The zero-order valence-corrected chi connectivity index (χ0v) is 13.8. The number of rotatable bonds is 2. The molecule has 2 fully saturated rings. The molecule has 4 atom stereocenters. The maximum Gasteiger partial charge on any atom is 0.308 e. The van der Waals surface area contributed by atoms with E-state index in [1.54, 1.807) is 0 Å². The van der Waals surface area contributed by atoms with Gasteiger partial charge in [-0.3, -0.25) is 9.59 Å². The topological polar surface area (TPSA) is 105 Å². The van der Waals surface area contributed by atoms with E-state index in [0.717, 1.165) is 51.4 Å². The van der Waals surface area contributed by atoms with Crippen molar-refractivity contribution in [3.8, 4) is 0 Å². The minimum atomic E-state index is -0.0971. The van der Waals surface area contributed by atoms with Crippen LogP contribution in [0.3, 0.4) is 0 Å². The van der Waals surface area contributed by atoms with Gasteiger partial charge < -0.3 is 20.9 Å². The summed E-state index contributed by atoms with van der Waals surface area (Å²) in [4.78, 5) is 22.1. The molecule has 0 saturated heterocycles. The first kappa shape index (κ1) is 18.9. The lowest BCUT2D eigenvalue weighted by atomic mass is 9.86. The summed E-state index contributed by atoms with van der Waals surface area (Å²) in [6.07, 6.45) is 7.70. The number of nitrogens with two attached hydrogens (primary N) is 2. The Bertz CT molecular complexity index is 328. The predicted octanol–water partition coefficient (Wildman–Crippen LogP) is 1.35. The van der Waals surface area contributed by atoms with Gasteiger partial charge in [0.05, 0.1) is 26.1 Å². The lowest BCUT2D eigenvalue weighted by Crippen LogP contribution is -2.32. The number of hydrogen-bond acceptors (Lipinski definition) is 6. The van der Waals surface area contributed by atoms with Gasteiger partial charge in [-0.2, -0.15) is 0 Å². The number of carbonyl (C=O) groups excluding carboxylic acids is 2. The molecule has 0 bridgehead atoms. The van der Waals surface area contributed by atoms with Gasteiger partial charge in [-0.1, -0.05) is 12.8 Å². The van der Waals surface area contributed by atoms with Gasteiger partial charge in [-0.15, -0.1) is 0 Å². The molecule has 6 nitrogen and oxygen atoms in total. The van der Waals surface area contributed by atoms with E-state index in [1.165, 1.54) is 14.2 Å². The molecule has 2 aliphatic rings. The molecule has 0 amide bonds. The Morgan fingerprint density at radius 1 is 0.773 bits per heavy atom. The van der Waals surface area contributed by atoms with Crippen LogP contribution in [0.5, 0.6) is 0 Å². The van der Waals surface area contributed by atoms with Gasteiger partial charge in [0.2, 0.25) is 0 Å². The molecule has 0 radical (unpaired) electrons. The third-order valence-corrected chi connectivity index (χ3v) is 4.50. The Balaban J connectivity index is 0.000000220. The number of hydrogen-bond donors (Lipinski definition) is 2. The Kier molecular flexibility index (Phi) is 8.42. The summed E-state index contributed by atoms with van der Waals surface area (Å²) in [7, 11) is 2.87. The molecule has 0 heterocycles. The standard InChI is InChI=1S/2C8H15NO2/c2*1-11-8(10)6-3-2-4-7(9)5-6/h2*6-7H,2-5,9H2,1H3/t2*6-,7+/m10/s1. The minimum absolute atomic E-state index is 0.0590. The molecule has 0 aromatic carbocycles. The largest absolute Gasteiger partial charge is 0.469 e. The van der Waals surface area contributed by atoms with Crippen LogP contribution in [0.15, 0.2) is 0 Å². The molecule has 0 aliphatic heterocycles. The van der Waals surface area contributed by atoms with Crippen molar-refractivity contribution in [3.63, 3.8) is 0 Å². The fourth-order valence-electron chi connectivity index (χ4n) is 3.22. The number of esters is 2. The number of ether oxygens (including phenoxy) is 2. The van der Waals surface area contributed by atoms with Crippen LogP contribution in [-0.2, 0) is 19.1 Å². The lowest BCUT2D eigenvalue weighted by Gasteiger charge is -2.24. The highest BCUT2D eigenvalue weighted by Gasteiger charge is 2.26. The van der Waals surface area contributed by atoms with E-state index < -0.39 is 0 Å². The number of methoxy groups -OCH3 is 2. The van der Waals surface area contributed by atoms with E-state index in [2.05, 4.69) is 9.47 Å². The molecule has 0 aromatic heterocycles. The van der Waals surface area contributed by atoms with Crippen LogP contribution in [0.25, 0.3) is 0 Å². The van der Waals surface area contributed by atoms with Crippen molar-refractivity contribution < 1.29 is 19.1 Å². The summed E-state index contributed by atoms with van der Waals surface area (Å²) in [5.41, 5.74) is 11.4. The highest BCUT2D eigenvalue weighted by atomic mass is 16.5. The average Bonchev–Trinajstić information content (AvgIpc) is 2.54. The van der Waals surface area contributed by atoms with Gasteiger partial charge in [0, 0.05) is 12.1 Å². The predicted molar refractivity (Wildman–Crippen MR) is 83.9 cm³/mol. The third kappa shape index (κ3) is 6.32. The van der Waals surface area contributed by atoms with E-state index in [1.807, 2.05) is 0 Å². The van der Waals surface area contributed by atoms with Crippen molar-refractivity contribution in [2.75, 3.05) is 14.2 Å². The highest BCUT2D eigenvalue weighted by Crippen LogP contribution is 2.24. The van der Waals surface area contributed by atoms with Gasteiger partial charge in [0.25, 0.3) is 0 Å². The van der Waals surface area contributed by atoms with Gasteiger partial charge in [0.15, 0.2) is 0 Å². The van der Waals surface area contributed by atoms with Crippen LogP contribution in [0.4, 0.5) is 0 Å². The molecule has 2 aliphatic carbocycles. The van der Waals surface area contributed by atoms with E-state index in [0.29, 0.717) is 0 Å². The summed E-state index contributed by atoms with van der Waals surface area (Å²) >= 11 is 0. The maximum absolute atomic E-state index is 11.0. The van der Waals surface area contributed by atoms with Crippen LogP contribution < -0.4 is 11.5 Å². The molecule has 6 heteroatoms.